The van der Waals surface area contributed by atoms with Crippen LogP contribution in [0.15, 0.2) is 36.4 Å². The number of nitrogens with zero attached hydrogens (tertiary/aromatic N) is 5. The minimum absolute atomic E-state index is 0.0170. The fourth-order valence-electron chi connectivity index (χ4n) is 3.89. The van der Waals surface area contributed by atoms with E-state index in [4.69, 9.17) is 0 Å². The molecule has 2 saturated heterocycles. The molecule has 142 valence electrons. The Bertz CT molecular complexity index is 777. The second-order valence-electron chi connectivity index (χ2n) is 7.44. The van der Waals surface area contributed by atoms with Crippen LogP contribution in [0.4, 0.5) is 11.5 Å². The van der Waals surface area contributed by atoms with Gasteiger partial charge < -0.3 is 14.7 Å². The monoisotopic (exact) mass is 365 g/mol. The standard InChI is InChI=1S/C21H27N5O/c1-17-6-5-7-18(16-17)24-12-14-26(15-13-24)21(27)19-8-9-20(23-22-19)25-10-3-2-4-11-25/h5-9,16H,2-4,10-15H2,1H3. The van der Waals surface area contributed by atoms with Crippen molar-refractivity contribution in [3.05, 3.63) is 47.7 Å². The third-order valence-corrected chi connectivity index (χ3v) is 5.48. The molecule has 0 bridgehead atoms. The Morgan fingerprint density at radius 3 is 2.30 bits per heavy atom. The summed E-state index contributed by atoms with van der Waals surface area (Å²) >= 11 is 0. The summed E-state index contributed by atoms with van der Waals surface area (Å²) in [5.74, 6) is 0.868. The summed E-state index contributed by atoms with van der Waals surface area (Å²) in [7, 11) is 0. The first-order chi connectivity index (χ1) is 13.2. The van der Waals surface area contributed by atoms with Crippen molar-refractivity contribution in [2.24, 2.45) is 0 Å². The van der Waals surface area contributed by atoms with E-state index >= 15 is 0 Å². The maximum Gasteiger partial charge on any atom is 0.274 e. The van der Waals surface area contributed by atoms with E-state index in [1.54, 1.807) is 0 Å². The van der Waals surface area contributed by atoms with Crippen LogP contribution in [0.3, 0.4) is 0 Å². The van der Waals surface area contributed by atoms with Crippen LogP contribution >= 0.6 is 0 Å². The van der Waals surface area contributed by atoms with Crippen LogP contribution in [0.5, 0.6) is 0 Å². The summed E-state index contributed by atoms with van der Waals surface area (Å²) in [4.78, 5) is 19.3. The van der Waals surface area contributed by atoms with Gasteiger partial charge in [-0.05, 0) is 56.0 Å². The molecule has 0 aliphatic carbocycles. The first kappa shape index (κ1) is 17.8. The third kappa shape index (κ3) is 4.04. The molecular weight excluding hydrogens is 338 g/mol. The van der Waals surface area contributed by atoms with Crippen molar-refractivity contribution in [1.29, 1.82) is 0 Å². The Kier molecular flexibility index (Phi) is 5.23. The average molecular weight is 365 g/mol. The van der Waals surface area contributed by atoms with Gasteiger partial charge in [-0.15, -0.1) is 10.2 Å². The van der Waals surface area contributed by atoms with Gasteiger partial charge in [0, 0.05) is 45.0 Å². The molecule has 2 aliphatic rings. The van der Waals surface area contributed by atoms with E-state index in [2.05, 4.69) is 51.2 Å². The topological polar surface area (TPSA) is 52.6 Å². The van der Waals surface area contributed by atoms with Crippen molar-refractivity contribution in [2.45, 2.75) is 26.2 Å². The van der Waals surface area contributed by atoms with Crippen LogP contribution in [0.1, 0.15) is 35.3 Å². The normalized spacial score (nSPS) is 17.9. The van der Waals surface area contributed by atoms with Gasteiger partial charge in [-0.3, -0.25) is 4.79 Å². The molecule has 0 atom stereocenters. The predicted octanol–water partition coefficient (Wildman–Crippen LogP) is 2.74. The predicted molar refractivity (Wildman–Crippen MR) is 107 cm³/mol. The lowest BCUT2D eigenvalue weighted by molar-refractivity contribution is 0.0739. The summed E-state index contributed by atoms with van der Waals surface area (Å²) < 4.78 is 0. The Labute approximate surface area is 160 Å². The first-order valence-electron chi connectivity index (χ1n) is 9.90. The Balaban J connectivity index is 1.36. The van der Waals surface area contributed by atoms with E-state index in [0.29, 0.717) is 18.8 Å². The summed E-state index contributed by atoms with van der Waals surface area (Å²) in [5, 5.41) is 8.53. The molecule has 0 saturated carbocycles. The van der Waals surface area contributed by atoms with Crippen LogP contribution in [-0.4, -0.2) is 60.3 Å². The van der Waals surface area contributed by atoms with Gasteiger partial charge in [-0.25, -0.2) is 0 Å². The third-order valence-electron chi connectivity index (χ3n) is 5.48. The lowest BCUT2D eigenvalue weighted by atomic mass is 10.1. The fourth-order valence-corrected chi connectivity index (χ4v) is 3.89. The number of hydrogen-bond donors (Lipinski definition) is 0. The number of carbonyl (C=O) groups is 1. The van der Waals surface area contributed by atoms with Crippen molar-refractivity contribution >= 4 is 17.4 Å². The molecule has 0 unspecified atom stereocenters. The van der Waals surface area contributed by atoms with Crippen molar-refractivity contribution in [2.75, 3.05) is 49.1 Å². The number of piperidine rings is 1. The lowest BCUT2D eigenvalue weighted by Crippen LogP contribution is -2.49. The first-order valence-corrected chi connectivity index (χ1v) is 9.90. The molecule has 3 heterocycles. The van der Waals surface area contributed by atoms with Crippen molar-refractivity contribution in [1.82, 2.24) is 15.1 Å². The van der Waals surface area contributed by atoms with E-state index in [9.17, 15) is 4.79 Å². The minimum Gasteiger partial charge on any atom is -0.368 e. The molecule has 2 aromatic rings. The van der Waals surface area contributed by atoms with Gasteiger partial charge in [0.1, 0.15) is 0 Å². The molecular formula is C21H27N5O. The number of anilines is 2. The van der Waals surface area contributed by atoms with Gasteiger partial charge >= 0.3 is 0 Å². The summed E-state index contributed by atoms with van der Waals surface area (Å²) in [6, 6.07) is 12.3. The highest BCUT2D eigenvalue weighted by molar-refractivity contribution is 5.92. The molecule has 1 aromatic heterocycles. The Morgan fingerprint density at radius 1 is 0.852 bits per heavy atom. The van der Waals surface area contributed by atoms with Crippen molar-refractivity contribution < 1.29 is 4.79 Å². The van der Waals surface area contributed by atoms with Gasteiger partial charge in [-0.2, -0.15) is 0 Å². The van der Waals surface area contributed by atoms with Crippen LogP contribution in [0.2, 0.25) is 0 Å². The lowest BCUT2D eigenvalue weighted by Gasteiger charge is -2.36. The second-order valence-corrected chi connectivity index (χ2v) is 7.44. The molecule has 6 nitrogen and oxygen atoms in total. The number of piperazine rings is 1. The highest BCUT2D eigenvalue weighted by atomic mass is 16.2. The number of aryl methyl sites for hydroxylation is 1. The second kappa shape index (κ2) is 7.94. The minimum atomic E-state index is -0.0170. The highest BCUT2D eigenvalue weighted by Crippen LogP contribution is 2.19. The summed E-state index contributed by atoms with van der Waals surface area (Å²) in [6.07, 6.45) is 3.69. The fraction of sp³-hybridized carbons (Fsp3) is 0.476. The van der Waals surface area contributed by atoms with Gasteiger partial charge in [0.2, 0.25) is 0 Å². The van der Waals surface area contributed by atoms with E-state index in [0.717, 1.165) is 32.0 Å². The van der Waals surface area contributed by atoms with Crippen LogP contribution in [-0.2, 0) is 0 Å². The number of amides is 1. The highest BCUT2D eigenvalue weighted by Gasteiger charge is 2.24. The van der Waals surface area contributed by atoms with E-state index in [-0.39, 0.29) is 5.91 Å². The smallest absolute Gasteiger partial charge is 0.274 e. The van der Waals surface area contributed by atoms with E-state index in [1.165, 1.54) is 30.5 Å². The van der Waals surface area contributed by atoms with Gasteiger partial charge in [0.25, 0.3) is 5.91 Å². The molecule has 4 rings (SSSR count). The maximum atomic E-state index is 12.8. The molecule has 27 heavy (non-hydrogen) atoms. The summed E-state index contributed by atoms with van der Waals surface area (Å²) in [6.45, 7) is 7.27. The molecule has 0 N–H and O–H groups in total. The zero-order valence-electron chi connectivity index (χ0n) is 16.0. The van der Waals surface area contributed by atoms with Gasteiger partial charge in [0.05, 0.1) is 0 Å². The molecule has 2 fully saturated rings. The quantitative estimate of drug-likeness (QED) is 0.837. The van der Waals surface area contributed by atoms with Gasteiger partial charge in [0.15, 0.2) is 11.5 Å². The summed E-state index contributed by atoms with van der Waals surface area (Å²) in [5.41, 5.74) is 2.93. The van der Waals surface area contributed by atoms with E-state index in [1.807, 2.05) is 17.0 Å². The number of hydrogen-bond acceptors (Lipinski definition) is 5. The molecule has 1 aromatic carbocycles. The number of rotatable bonds is 3. The Hall–Kier alpha value is -2.63. The molecule has 1 amide bonds. The molecule has 0 radical (unpaired) electrons. The number of benzene rings is 1. The maximum absolute atomic E-state index is 12.8. The number of aromatic nitrogens is 2. The number of carbonyl (C=O) groups excluding carboxylic acids is 1. The average Bonchev–Trinajstić information content (AvgIpc) is 2.74. The van der Waals surface area contributed by atoms with Crippen LogP contribution < -0.4 is 9.80 Å². The van der Waals surface area contributed by atoms with Crippen molar-refractivity contribution in [3.8, 4) is 0 Å². The molecule has 2 aliphatic heterocycles. The SMILES string of the molecule is Cc1cccc(N2CCN(C(=O)c3ccc(N4CCCCC4)nn3)CC2)c1. The van der Waals surface area contributed by atoms with Crippen LogP contribution in [0, 0.1) is 6.92 Å². The van der Waals surface area contributed by atoms with Crippen LogP contribution in [0.25, 0.3) is 0 Å². The molecule has 6 heteroatoms. The molecule has 0 spiro atoms. The zero-order chi connectivity index (χ0) is 18.6. The largest absolute Gasteiger partial charge is 0.368 e. The van der Waals surface area contributed by atoms with E-state index < -0.39 is 0 Å². The Morgan fingerprint density at radius 2 is 1.63 bits per heavy atom. The zero-order valence-corrected chi connectivity index (χ0v) is 16.0. The van der Waals surface area contributed by atoms with Crippen molar-refractivity contribution in [3.63, 3.8) is 0 Å². The van der Waals surface area contributed by atoms with Gasteiger partial charge in [-0.1, -0.05) is 12.1 Å².